The quantitative estimate of drug-likeness (QED) is 0.121. The molecule has 2 aliphatic heterocycles. The molecule has 6 atom stereocenters. The first-order valence-corrected chi connectivity index (χ1v) is 15.7. The third-order valence-corrected chi connectivity index (χ3v) is 8.32. The van der Waals surface area contributed by atoms with E-state index in [0.29, 0.717) is 24.0 Å². The molecule has 23 heteroatoms. The molecule has 0 saturated carbocycles. The standard InChI is InChI=1S/C20H26N10O11P2/c21-16-14-17(24-6-23-16)30(7-25-14)13-3-10(11(40-13)5-37-42(32,33)34)41-43(35,36)38-4-9-1-2-12(39-9)29-8-26-15-18(29)27-20(22)28-19(15)31/h6-13H,1-5H2,(H,35,36)(H2,21,23,24)(H2,32,33,34)(H3,22,27,28,31)/t9?,10-,11+,12+,13+/m0/s1. The molecule has 0 amide bonds. The van der Waals surface area contributed by atoms with Crippen LogP contribution in [-0.4, -0.2) is 85.2 Å². The summed E-state index contributed by atoms with van der Waals surface area (Å²) in [6, 6.07) is 0. The number of aromatic amines is 1. The number of nitrogens with one attached hydrogen (secondary N) is 1. The number of nitrogens with two attached hydrogens (primary N) is 2. The molecule has 0 aliphatic carbocycles. The van der Waals surface area contributed by atoms with E-state index in [0.717, 1.165) is 0 Å². The molecule has 21 nitrogen and oxygen atoms in total. The molecule has 6 rings (SSSR count). The molecule has 2 fully saturated rings. The lowest BCUT2D eigenvalue weighted by Crippen LogP contribution is -2.28. The van der Waals surface area contributed by atoms with Gasteiger partial charge in [0.05, 0.1) is 32.0 Å². The zero-order valence-electron chi connectivity index (χ0n) is 21.9. The summed E-state index contributed by atoms with van der Waals surface area (Å²) in [4.78, 5) is 63.6. The van der Waals surface area contributed by atoms with Crippen molar-refractivity contribution in [3.63, 3.8) is 0 Å². The van der Waals surface area contributed by atoms with E-state index < -0.39 is 58.6 Å². The van der Waals surface area contributed by atoms with Crippen molar-refractivity contribution in [1.29, 1.82) is 0 Å². The highest BCUT2D eigenvalue weighted by molar-refractivity contribution is 7.47. The number of nitrogens with zero attached hydrogens (tertiary/aromatic N) is 7. The minimum Gasteiger partial charge on any atom is -0.382 e. The van der Waals surface area contributed by atoms with Gasteiger partial charge >= 0.3 is 15.6 Å². The molecule has 2 aliphatic rings. The van der Waals surface area contributed by atoms with Crippen LogP contribution < -0.4 is 17.0 Å². The number of rotatable bonds is 10. The first kappa shape index (κ1) is 29.7. The van der Waals surface area contributed by atoms with Crippen LogP contribution in [0.5, 0.6) is 0 Å². The predicted octanol–water partition coefficient (Wildman–Crippen LogP) is -0.300. The molecule has 232 valence electrons. The zero-order chi connectivity index (χ0) is 30.5. The fourth-order valence-corrected chi connectivity index (χ4v) is 6.25. The van der Waals surface area contributed by atoms with Crippen LogP contribution in [0, 0.1) is 0 Å². The van der Waals surface area contributed by atoms with Crippen molar-refractivity contribution >= 4 is 49.7 Å². The van der Waals surface area contributed by atoms with Crippen LogP contribution in [0.1, 0.15) is 31.7 Å². The van der Waals surface area contributed by atoms with Crippen molar-refractivity contribution < 1.29 is 46.9 Å². The van der Waals surface area contributed by atoms with Gasteiger partial charge in [-0.1, -0.05) is 0 Å². The maximum Gasteiger partial charge on any atom is 0.472 e. The van der Waals surface area contributed by atoms with Crippen LogP contribution in [-0.2, 0) is 32.2 Å². The topological polar surface area (TPSA) is 300 Å². The number of hydrogen-bond acceptors (Lipinski definition) is 15. The Morgan fingerprint density at radius 3 is 2.47 bits per heavy atom. The lowest BCUT2D eigenvalue weighted by Gasteiger charge is -2.22. The van der Waals surface area contributed by atoms with E-state index in [9.17, 15) is 28.6 Å². The molecule has 43 heavy (non-hydrogen) atoms. The third kappa shape index (κ3) is 6.31. The third-order valence-electron chi connectivity index (χ3n) is 6.82. The summed E-state index contributed by atoms with van der Waals surface area (Å²) >= 11 is 0. The number of phosphoric acid groups is 2. The number of phosphoric ester groups is 2. The highest BCUT2D eigenvalue weighted by Gasteiger charge is 2.43. The second kappa shape index (κ2) is 11.3. The molecule has 6 heterocycles. The van der Waals surface area contributed by atoms with Gasteiger partial charge < -0.3 is 35.6 Å². The Labute approximate surface area is 240 Å². The molecule has 0 aromatic carbocycles. The van der Waals surface area contributed by atoms with Crippen molar-refractivity contribution in [1.82, 2.24) is 39.0 Å². The molecule has 4 aromatic heterocycles. The SMILES string of the molecule is Nc1nc2c(ncn2[C@H]2CCC(COP(=O)(O)O[C@H]3C[C@H](n4cnc5c(N)ncnc54)O[C@@H]3COP(=O)(O)O)O2)c(=O)[nH]1. The van der Waals surface area contributed by atoms with E-state index in [1.165, 1.54) is 28.1 Å². The van der Waals surface area contributed by atoms with Crippen molar-refractivity contribution in [2.45, 2.75) is 50.0 Å². The Hall–Kier alpha value is -3.36. The number of fused-ring (bicyclic) bond motifs is 2. The maximum absolute atomic E-state index is 13.0. The normalized spacial score (nSPS) is 26.0. The van der Waals surface area contributed by atoms with E-state index in [4.69, 9.17) is 30.0 Å². The first-order valence-electron chi connectivity index (χ1n) is 12.7. The zero-order valence-corrected chi connectivity index (χ0v) is 23.7. The number of anilines is 2. The molecule has 0 spiro atoms. The second-order valence-corrected chi connectivity index (χ2v) is 12.4. The summed E-state index contributed by atoms with van der Waals surface area (Å²) in [5.41, 5.74) is 11.9. The minimum absolute atomic E-state index is 0.0660. The van der Waals surface area contributed by atoms with Gasteiger partial charge in [0.1, 0.15) is 36.5 Å². The molecule has 4 aromatic rings. The van der Waals surface area contributed by atoms with E-state index in [2.05, 4.69) is 34.4 Å². The number of nitrogen functional groups attached to an aromatic ring is 2. The van der Waals surface area contributed by atoms with E-state index in [-0.39, 0.29) is 36.0 Å². The number of ether oxygens (including phenoxy) is 2. The van der Waals surface area contributed by atoms with Crippen LogP contribution >= 0.6 is 15.6 Å². The van der Waals surface area contributed by atoms with Gasteiger partial charge in [0.2, 0.25) is 5.95 Å². The van der Waals surface area contributed by atoms with Crippen molar-refractivity contribution in [3.05, 3.63) is 29.3 Å². The summed E-state index contributed by atoms with van der Waals surface area (Å²) in [7, 11) is -9.67. The van der Waals surface area contributed by atoms with Gasteiger partial charge in [-0.05, 0) is 12.8 Å². The summed E-state index contributed by atoms with van der Waals surface area (Å²) in [6.07, 6.45) is 0.304. The number of imidazole rings is 2. The largest absolute Gasteiger partial charge is 0.472 e. The van der Waals surface area contributed by atoms with Gasteiger partial charge in [-0.2, -0.15) is 4.98 Å². The molecule has 2 unspecified atom stereocenters. The van der Waals surface area contributed by atoms with Gasteiger partial charge in [0, 0.05) is 6.42 Å². The highest BCUT2D eigenvalue weighted by atomic mass is 31.2. The van der Waals surface area contributed by atoms with Crippen LogP contribution in [0.3, 0.4) is 0 Å². The molecular weight excluding hydrogens is 618 g/mol. The summed E-state index contributed by atoms with van der Waals surface area (Å²) in [5.74, 6) is 0.0348. The Balaban J connectivity index is 1.11. The van der Waals surface area contributed by atoms with E-state index in [1.54, 1.807) is 0 Å². The fraction of sp³-hybridized carbons (Fsp3) is 0.500. The lowest BCUT2D eigenvalue weighted by atomic mass is 10.2. The van der Waals surface area contributed by atoms with E-state index in [1.807, 2.05) is 0 Å². The van der Waals surface area contributed by atoms with Gasteiger partial charge in [-0.3, -0.25) is 32.5 Å². The average molecular weight is 644 g/mol. The number of H-pyrrole nitrogens is 1. The van der Waals surface area contributed by atoms with Crippen molar-refractivity contribution in [3.8, 4) is 0 Å². The number of hydrogen-bond donors (Lipinski definition) is 6. The Morgan fingerprint density at radius 2 is 1.70 bits per heavy atom. The number of aromatic nitrogens is 8. The van der Waals surface area contributed by atoms with Gasteiger partial charge in [0.25, 0.3) is 5.56 Å². The highest BCUT2D eigenvalue weighted by Crippen LogP contribution is 2.50. The predicted molar refractivity (Wildman–Crippen MR) is 143 cm³/mol. The Bertz CT molecular complexity index is 1810. The molecule has 2 saturated heterocycles. The average Bonchev–Trinajstić information content (AvgIpc) is 3.71. The summed E-state index contributed by atoms with van der Waals surface area (Å²) < 4.78 is 54.3. The van der Waals surface area contributed by atoms with Crippen molar-refractivity contribution in [2.75, 3.05) is 24.7 Å². The first-order chi connectivity index (χ1) is 20.4. The molecule has 0 bridgehead atoms. The molecular formula is C20H26N10O11P2. The van der Waals surface area contributed by atoms with Crippen LogP contribution in [0.25, 0.3) is 22.3 Å². The van der Waals surface area contributed by atoms with Crippen molar-refractivity contribution in [2.24, 2.45) is 0 Å². The van der Waals surface area contributed by atoms with Crippen LogP contribution in [0.15, 0.2) is 23.8 Å². The Kier molecular flexibility index (Phi) is 7.80. The maximum atomic E-state index is 13.0. The van der Waals surface area contributed by atoms with E-state index >= 15 is 0 Å². The smallest absolute Gasteiger partial charge is 0.382 e. The van der Waals surface area contributed by atoms with Gasteiger partial charge in [-0.25, -0.2) is 29.1 Å². The Morgan fingerprint density at radius 1 is 0.953 bits per heavy atom. The molecule has 0 radical (unpaired) electrons. The second-order valence-electron chi connectivity index (χ2n) is 9.71. The lowest BCUT2D eigenvalue weighted by molar-refractivity contribution is -0.0476. The monoisotopic (exact) mass is 644 g/mol. The molecule has 8 N–H and O–H groups in total. The van der Waals surface area contributed by atoms with Gasteiger partial charge in [0.15, 0.2) is 22.6 Å². The minimum atomic E-state index is -4.90. The van der Waals surface area contributed by atoms with Crippen LogP contribution in [0.4, 0.5) is 11.8 Å². The fourth-order valence-electron chi connectivity index (χ4n) is 4.93. The summed E-state index contributed by atoms with van der Waals surface area (Å²) in [6.45, 7) is -1.00. The van der Waals surface area contributed by atoms with Gasteiger partial charge in [-0.15, -0.1) is 0 Å². The van der Waals surface area contributed by atoms with Crippen LogP contribution in [0.2, 0.25) is 0 Å². The summed E-state index contributed by atoms with van der Waals surface area (Å²) in [5, 5.41) is 0.